The molecule has 0 aromatic carbocycles. The molecule has 0 radical (unpaired) electrons. The topological polar surface area (TPSA) is 54.9 Å². The lowest BCUT2D eigenvalue weighted by atomic mass is 10.0. The SMILES string of the molecule is O=[S@@](CC1CCNCC1)c1ccc(Cl)nn1. The van der Waals surface area contributed by atoms with Crippen molar-refractivity contribution in [3.05, 3.63) is 17.3 Å². The van der Waals surface area contributed by atoms with Gasteiger partial charge in [0.25, 0.3) is 0 Å². The van der Waals surface area contributed by atoms with Gasteiger partial charge in [-0.1, -0.05) is 11.6 Å². The number of aromatic nitrogens is 2. The van der Waals surface area contributed by atoms with Crippen LogP contribution < -0.4 is 5.32 Å². The molecule has 2 heterocycles. The molecule has 1 N–H and O–H groups in total. The second-order valence-corrected chi connectivity index (χ2v) is 5.73. The predicted molar refractivity (Wildman–Crippen MR) is 63.9 cm³/mol. The predicted octanol–water partition coefficient (Wildman–Crippen LogP) is 1.24. The van der Waals surface area contributed by atoms with Crippen LogP contribution in [-0.4, -0.2) is 33.2 Å². The van der Waals surface area contributed by atoms with Gasteiger partial charge in [0.15, 0.2) is 5.15 Å². The Bertz CT molecular complexity index is 365. The van der Waals surface area contributed by atoms with E-state index in [1.54, 1.807) is 12.1 Å². The smallest absolute Gasteiger partial charge is 0.151 e. The summed E-state index contributed by atoms with van der Waals surface area (Å²) in [5.74, 6) is 1.21. The summed E-state index contributed by atoms with van der Waals surface area (Å²) in [6.07, 6.45) is 2.18. The maximum absolute atomic E-state index is 12.0. The minimum Gasteiger partial charge on any atom is -0.317 e. The van der Waals surface area contributed by atoms with Crippen LogP contribution in [0.3, 0.4) is 0 Å². The van der Waals surface area contributed by atoms with Crippen LogP contribution in [0.2, 0.25) is 5.15 Å². The molecule has 1 aliphatic heterocycles. The minimum atomic E-state index is -1.05. The number of hydrogen-bond donors (Lipinski definition) is 1. The first kappa shape index (κ1) is 12.0. The van der Waals surface area contributed by atoms with Crippen LogP contribution in [0.4, 0.5) is 0 Å². The summed E-state index contributed by atoms with van der Waals surface area (Å²) in [5.41, 5.74) is 0. The van der Waals surface area contributed by atoms with Crippen LogP contribution in [0.25, 0.3) is 0 Å². The Labute approximate surface area is 102 Å². The zero-order chi connectivity index (χ0) is 11.4. The number of hydrogen-bond acceptors (Lipinski definition) is 4. The molecule has 6 heteroatoms. The second kappa shape index (κ2) is 5.70. The molecule has 1 aromatic rings. The summed E-state index contributed by atoms with van der Waals surface area (Å²) in [6.45, 7) is 2.04. The molecule has 0 amide bonds. The van der Waals surface area contributed by atoms with Gasteiger partial charge in [0.1, 0.15) is 5.03 Å². The second-order valence-electron chi connectivity index (χ2n) is 3.90. The van der Waals surface area contributed by atoms with Crippen LogP contribution in [0.1, 0.15) is 12.8 Å². The molecule has 88 valence electrons. The lowest BCUT2D eigenvalue weighted by Crippen LogP contribution is -2.30. The summed E-state index contributed by atoms with van der Waals surface area (Å²) in [4.78, 5) is 0. The number of nitrogens with one attached hydrogen (secondary N) is 1. The Balaban J connectivity index is 1.94. The first-order valence-electron chi connectivity index (χ1n) is 5.34. The number of nitrogens with zero attached hydrogens (tertiary/aromatic N) is 2. The molecular weight excluding hydrogens is 246 g/mol. The van der Waals surface area contributed by atoms with E-state index in [-0.39, 0.29) is 0 Å². The highest BCUT2D eigenvalue weighted by Crippen LogP contribution is 2.16. The van der Waals surface area contributed by atoms with Crippen molar-refractivity contribution in [3.8, 4) is 0 Å². The first-order valence-corrected chi connectivity index (χ1v) is 7.04. The third kappa shape index (κ3) is 3.23. The molecule has 0 unspecified atom stereocenters. The fourth-order valence-electron chi connectivity index (χ4n) is 1.77. The van der Waals surface area contributed by atoms with Crippen LogP contribution in [0, 0.1) is 5.92 Å². The van der Waals surface area contributed by atoms with E-state index in [1.165, 1.54) is 0 Å². The van der Waals surface area contributed by atoms with Gasteiger partial charge in [-0.3, -0.25) is 4.21 Å². The summed E-state index contributed by atoms with van der Waals surface area (Å²) in [6, 6.07) is 3.32. The van der Waals surface area contributed by atoms with Gasteiger partial charge in [-0.25, -0.2) is 0 Å². The van der Waals surface area contributed by atoms with Crippen molar-refractivity contribution < 1.29 is 4.21 Å². The van der Waals surface area contributed by atoms with Crippen molar-refractivity contribution in [2.45, 2.75) is 17.9 Å². The maximum atomic E-state index is 12.0. The first-order chi connectivity index (χ1) is 7.75. The van der Waals surface area contributed by atoms with Crippen LogP contribution in [0.15, 0.2) is 17.2 Å². The Kier molecular flexibility index (Phi) is 4.26. The van der Waals surface area contributed by atoms with E-state index in [2.05, 4.69) is 15.5 Å². The van der Waals surface area contributed by atoms with Gasteiger partial charge >= 0.3 is 0 Å². The van der Waals surface area contributed by atoms with Gasteiger partial charge in [-0.05, 0) is 44.0 Å². The number of rotatable bonds is 3. The molecule has 2 rings (SSSR count). The normalized spacial score (nSPS) is 19.6. The van der Waals surface area contributed by atoms with Crippen molar-refractivity contribution in [2.75, 3.05) is 18.8 Å². The maximum Gasteiger partial charge on any atom is 0.151 e. The van der Waals surface area contributed by atoms with E-state index >= 15 is 0 Å². The lowest BCUT2D eigenvalue weighted by molar-refractivity contribution is 0.405. The van der Waals surface area contributed by atoms with Crippen molar-refractivity contribution in [1.82, 2.24) is 15.5 Å². The minimum absolute atomic E-state index is 0.336. The molecule has 1 saturated heterocycles. The highest BCUT2D eigenvalue weighted by molar-refractivity contribution is 7.84. The summed E-state index contributed by atoms with van der Waals surface area (Å²) >= 11 is 5.63. The van der Waals surface area contributed by atoms with E-state index in [0.29, 0.717) is 21.8 Å². The Hall–Kier alpha value is -0.520. The molecule has 1 aliphatic rings. The zero-order valence-electron chi connectivity index (χ0n) is 8.86. The molecular formula is C10H14ClN3OS. The number of halogens is 1. The Morgan fingerprint density at radius 3 is 2.75 bits per heavy atom. The molecule has 0 bridgehead atoms. The largest absolute Gasteiger partial charge is 0.317 e. The molecule has 1 fully saturated rings. The molecule has 4 nitrogen and oxygen atoms in total. The van der Waals surface area contributed by atoms with E-state index in [0.717, 1.165) is 25.9 Å². The monoisotopic (exact) mass is 259 g/mol. The molecule has 0 spiro atoms. The van der Waals surface area contributed by atoms with Crippen LogP contribution >= 0.6 is 11.6 Å². The fraction of sp³-hybridized carbons (Fsp3) is 0.600. The highest BCUT2D eigenvalue weighted by atomic mass is 35.5. The van der Waals surface area contributed by atoms with Gasteiger partial charge in [0, 0.05) is 5.75 Å². The van der Waals surface area contributed by atoms with E-state index in [9.17, 15) is 4.21 Å². The van der Waals surface area contributed by atoms with Gasteiger partial charge in [-0.2, -0.15) is 0 Å². The summed E-state index contributed by atoms with van der Waals surface area (Å²) in [7, 11) is -1.05. The van der Waals surface area contributed by atoms with Crippen molar-refractivity contribution in [3.63, 3.8) is 0 Å². The average molecular weight is 260 g/mol. The Morgan fingerprint density at radius 2 is 2.12 bits per heavy atom. The van der Waals surface area contributed by atoms with Crippen LogP contribution in [0.5, 0.6) is 0 Å². The molecule has 0 saturated carbocycles. The molecule has 1 aromatic heterocycles. The van der Waals surface area contributed by atoms with Crippen molar-refractivity contribution in [1.29, 1.82) is 0 Å². The molecule has 1 atom stereocenters. The summed E-state index contributed by atoms with van der Waals surface area (Å²) < 4.78 is 12.0. The highest BCUT2D eigenvalue weighted by Gasteiger charge is 2.17. The Morgan fingerprint density at radius 1 is 1.38 bits per heavy atom. The standard InChI is InChI=1S/C10H14ClN3OS/c11-9-1-2-10(14-13-9)16(15)7-8-3-5-12-6-4-8/h1-2,8,12H,3-7H2/t16-/m0/s1. The molecule has 16 heavy (non-hydrogen) atoms. The zero-order valence-corrected chi connectivity index (χ0v) is 10.4. The fourth-order valence-corrected chi connectivity index (χ4v) is 3.16. The quantitative estimate of drug-likeness (QED) is 0.887. The van der Waals surface area contributed by atoms with E-state index in [4.69, 9.17) is 11.6 Å². The van der Waals surface area contributed by atoms with Gasteiger partial charge in [0.05, 0.1) is 10.8 Å². The van der Waals surface area contributed by atoms with Gasteiger partial charge in [-0.15, -0.1) is 10.2 Å². The summed E-state index contributed by atoms with van der Waals surface area (Å²) in [5, 5.41) is 11.7. The third-order valence-corrected chi connectivity index (χ3v) is 4.35. The van der Waals surface area contributed by atoms with E-state index in [1.807, 2.05) is 0 Å². The average Bonchev–Trinajstić information content (AvgIpc) is 2.31. The van der Waals surface area contributed by atoms with E-state index < -0.39 is 10.8 Å². The lowest BCUT2D eigenvalue weighted by Gasteiger charge is -2.21. The molecule has 0 aliphatic carbocycles. The van der Waals surface area contributed by atoms with Crippen molar-refractivity contribution >= 4 is 22.4 Å². The van der Waals surface area contributed by atoms with Crippen molar-refractivity contribution in [2.24, 2.45) is 5.92 Å². The van der Waals surface area contributed by atoms with Crippen LogP contribution in [-0.2, 0) is 10.8 Å². The van der Waals surface area contributed by atoms with Gasteiger partial charge in [0.2, 0.25) is 0 Å². The number of piperidine rings is 1. The third-order valence-electron chi connectivity index (χ3n) is 2.69. The van der Waals surface area contributed by atoms with Gasteiger partial charge < -0.3 is 5.32 Å².